The average Bonchev–Trinajstić information content (AvgIpc) is 2.67. The molecular weight excluding hydrogens is 394 g/mol. The van der Waals surface area contributed by atoms with Crippen LogP contribution in [0.4, 0.5) is 8.78 Å². The largest absolute Gasteiger partial charge is 0.329 e. The van der Waals surface area contributed by atoms with Gasteiger partial charge in [0, 0.05) is 11.1 Å². The second-order valence-corrected chi connectivity index (χ2v) is 6.68. The number of nitrogens with zero attached hydrogens (tertiary/aromatic N) is 3. The highest BCUT2D eigenvalue weighted by molar-refractivity contribution is 6.09. The third kappa shape index (κ3) is 4.07. The van der Waals surface area contributed by atoms with Crippen LogP contribution in [-0.4, -0.2) is 20.3 Å². The lowest BCUT2D eigenvalue weighted by molar-refractivity contribution is 0.102. The van der Waals surface area contributed by atoms with Gasteiger partial charge in [0.2, 0.25) is 17.7 Å². The zero-order chi connectivity index (χ0) is 22.0. The number of carbonyl (C=O) groups excluding carboxylic acids is 1. The Hall–Kier alpha value is -3.93. The molecule has 0 saturated heterocycles. The Morgan fingerprint density at radius 3 is 2.43 bits per heavy atom. The van der Waals surface area contributed by atoms with Crippen molar-refractivity contribution in [2.75, 3.05) is 0 Å². The van der Waals surface area contributed by atoms with Crippen molar-refractivity contribution in [1.82, 2.24) is 14.5 Å². The summed E-state index contributed by atoms with van der Waals surface area (Å²) in [5.74, 6) is -2.81. The van der Waals surface area contributed by atoms with Crippen molar-refractivity contribution in [3.8, 4) is 6.07 Å². The number of carbonyl (C=O) groups is 1. The minimum Gasteiger partial charge on any atom is -0.287 e. The van der Waals surface area contributed by atoms with E-state index in [1.165, 1.54) is 12.1 Å². The van der Waals surface area contributed by atoms with E-state index in [-0.39, 0.29) is 40.9 Å². The van der Waals surface area contributed by atoms with Gasteiger partial charge in [-0.15, -0.1) is 0 Å². The molecule has 0 atom stereocenters. The van der Waals surface area contributed by atoms with Crippen molar-refractivity contribution >= 4 is 5.78 Å². The van der Waals surface area contributed by atoms with Crippen LogP contribution in [0.2, 0.25) is 0 Å². The molecule has 0 unspecified atom stereocenters. The minimum atomic E-state index is -1.08. The number of hydrogen-bond acceptors (Lipinski definition) is 5. The van der Waals surface area contributed by atoms with Gasteiger partial charge in [-0.05, 0) is 54.8 Å². The number of rotatable bonds is 5. The van der Waals surface area contributed by atoms with Crippen molar-refractivity contribution in [1.29, 1.82) is 5.26 Å². The molecule has 0 radical (unpaired) electrons. The van der Waals surface area contributed by atoms with Crippen molar-refractivity contribution < 1.29 is 13.6 Å². The molecule has 30 heavy (non-hydrogen) atoms. The number of hydrogen-bond donors (Lipinski definition) is 1. The maximum atomic E-state index is 13.5. The fraction of sp³-hybridized carbons (Fsp3) is 0.190. The molecule has 0 aliphatic carbocycles. The highest BCUT2D eigenvalue weighted by Gasteiger charge is 2.23. The second kappa shape index (κ2) is 8.21. The molecule has 2 heterocycles. The molecule has 0 saturated carbocycles. The van der Waals surface area contributed by atoms with E-state index in [2.05, 4.69) is 9.97 Å². The lowest BCUT2D eigenvalue weighted by atomic mass is 9.99. The van der Waals surface area contributed by atoms with Crippen LogP contribution in [0.5, 0.6) is 0 Å². The molecule has 0 aliphatic heterocycles. The molecule has 0 amide bonds. The number of aryl methyl sites for hydroxylation is 1. The highest BCUT2D eigenvalue weighted by Crippen LogP contribution is 2.17. The number of aromatic amines is 1. The maximum Gasteiger partial charge on any atom is 0.329 e. The summed E-state index contributed by atoms with van der Waals surface area (Å²) in [4.78, 5) is 43.3. The van der Waals surface area contributed by atoms with Crippen LogP contribution < -0.4 is 11.2 Å². The first-order valence-electron chi connectivity index (χ1n) is 8.98. The molecule has 2 aromatic heterocycles. The minimum absolute atomic E-state index is 0.0483. The van der Waals surface area contributed by atoms with Crippen molar-refractivity contribution in [2.24, 2.45) is 0 Å². The summed E-state index contributed by atoms with van der Waals surface area (Å²) in [5.41, 5.74) is -0.707. The fourth-order valence-electron chi connectivity index (χ4n) is 3.25. The van der Waals surface area contributed by atoms with E-state index in [0.29, 0.717) is 5.56 Å². The number of nitrogens with one attached hydrogen (secondary N) is 1. The molecule has 0 fully saturated rings. The van der Waals surface area contributed by atoms with Gasteiger partial charge in [0.25, 0.3) is 5.56 Å². The molecule has 3 rings (SSSR count). The summed E-state index contributed by atoms with van der Waals surface area (Å²) in [6.45, 7) is 2.97. The van der Waals surface area contributed by atoms with Gasteiger partial charge in [-0.1, -0.05) is 6.92 Å². The van der Waals surface area contributed by atoms with Crippen LogP contribution >= 0.6 is 0 Å². The van der Waals surface area contributed by atoms with Gasteiger partial charge in [-0.2, -0.15) is 19.0 Å². The van der Waals surface area contributed by atoms with Crippen LogP contribution in [0.3, 0.4) is 0 Å². The normalized spacial score (nSPS) is 10.6. The quantitative estimate of drug-likeness (QED) is 0.513. The Balaban J connectivity index is 2.26. The standard InChI is InChI=1S/C21H16F2N4O3/c1-3-15-18(19(28)14-5-11(2)4-12(6-14)9-24)27(21(30)26-20(15)29)10-13-7-16(22)25-17(23)8-13/h4-8H,3,10H2,1-2H3,(H,26,29,30). The monoisotopic (exact) mass is 410 g/mol. The van der Waals surface area contributed by atoms with E-state index < -0.39 is 28.9 Å². The van der Waals surface area contributed by atoms with E-state index >= 15 is 0 Å². The number of H-pyrrole nitrogens is 1. The molecule has 0 bridgehead atoms. The summed E-state index contributed by atoms with van der Waals surface area (Å²) in [5, 5.41) is 9.18. The van der Waals surface area contributed by atoms with Crippen LogP contribution in [0.15, 0.2) is 39.9 Å². The molecule has 7 nitrogen and oxygen atoms in total. The number of aromatic nitrogens is 3. The summed E-state index contributed by atoms with van der Waals surface area (Å²) >= 11 is 0. The van der Waals surface area contributed by atoms with Gasteiger partial charge in [0.1, 0.15) is 5.69 Å². The van der Waals surface area contributed by atoms with Gasteiger partial charge < -0.3 is 0 Å². The van der Waals surface area contributed by atoms with E-state index in [0.717, 1.165) is 16.7 Å². The molecule has 1 N–H and O–H groups in total. The molecule has 152 valence electrons. The summed E-state index contributed by atoms with van der Waals surface area (Å²) < 4.78 is 28.0. The van der Waals surface area contributed by atoms with Gasteiger partial charge in [0.05, 0.1) is 18.2 Å². The lowest BCUT2D eigenvalue weighted by Gasteiger charge is -2.15. The second-order valence-electron chi connectivity index (χ2n) is 6.68. The maximum absolute atomic E-state index is 13.5. The summed E-state index contributed by atoms with van der Waals surface area (Å²) in [6, 6.07) is 8.29. The van der Waals surface area contributed by atoms with Gasteiger partial charge in [0.15, 0.2) is 0 Å². The predicted molar refractivity (Wildman–Crippen MR) is 103 cm³/mol. The fourth-order valence-corrected chi connectivity index (χ4v) is 3.25. The van der Waals surface area contributed by atoms with Crippen molar-refractivity contribution in [3.63, 3.8) is 0 Å². The molecular formula is C21H16F2N4O3. The van der Waals surface area contributed by atoms with E-state index in [9.17, 15) is 28.4 Å². The zero-order valence-electron chi connectivity index (χ0n) is 16.1. The van der Waals surface area contributed by atoms with Crippen molar-refractivity contribution in [2.45, 2.75) is 26.8 Å². The number of pyridine rings is 1. The number of nitriles is 1. The Labute approximate surface area is 169 Å². The van der Waals surface area contributed by atoms with Crippen LogP contribution in [0, 0.1) is 30.2 Å². The van der Waals surface area contributed by atoms with E-state index in [1.807, 2.05) is 6.07 Å². The smallest absolute Gasteiger partial charge is 0.287 e. The Morgan fingerprint density at radius 2 is 1.83 bits per heavy atom. The molecule has 3 aromatic rings. The van der Waals surface area contributed by atoms with E-state index in [1.54, 1.807) is 19.9 Å². The predicted octanol–water partition coefficient (Wildman–Crippen LogP) is 2.23. The highest BCUT2D eigenvalue weighted by atomic mass is 19.1. The number of benzene rings is 1. The van der Waals surface area contributed by atoms with Crippen LogP contribution in [0.25, 0.3) is 0 Å². The Morgan fingerprint density at radius 1 is 1.17 bits per heavy atom. The first-order valence-corrected chi connectivity index (χ1v) is 8.98. The molecule has 0 aliphatic rings. The molecule has 9 heteroatoms. The lowest BCUT2D eigenvalue weighted by Crippen LogP contribution is -2.37. The molecule has 1 aromatic carbocycles. The third-order valence-corrected chi connectivity index (χ3v) is 4.50. The summed E-state index contributed by atoms with van der Waals surface area (Å²) in [6.07, 6.45) is 0.132. The van der Waals surface area contributed by atoms with Gasteiger partial charge >= 0.3 is 5.69 Å². The van der Waals surface area contributed by atoms with Crippen LogP contribution in [-0.2, 0) is 13.0 Å². The summed E-state index contributed by atoms with van der Waals surface area (Å²) in [7, 11) is 0. The molecule has 0 spiro atoms. The Bertz CT molecular complexity index is 1300. The first kappa shape index (κ1) is 20.8. The zero-order valence-corrected chi connectivity index (χ0v) is 16.1. The number of ketones is 1. The Kier molecular flexibility index (Phi) is 5.69. The van der Waals surface area contributed by atoms with Crippen LogP contribution in [0.1, 0.15) is 45.2 Å². The van der Waals surface area contributed by atoms with Gasteiger partial charge in [-0.3, -0.25) is 19.1 Å². The topological polar surface area (TPSA) is 109 Å². The van der Waals surface area contributed by atoms with Gasteiger partial charge in [-0.25, -0.2) is 4.79 Å². The van der Waals surface area contributed by atoms with Crippen molar-refractivity contribution in [3.05, 3.63) is 96.6 Å². The first-order chi connectivity index (χ1) is 14.2. The SMILES string of the molecule is CCc1c(C(=O)c2cc(C)cc(C#N)c2)n(Cc2cc(F)nc(F)c2)c(=O)[nH]c1=O. The average molecular weight is 410 g/mol. The third-order valence-electron chi connectivity index (χ3n) is 4.50. The number of halogens is 2. The van der Waals surface area contributed by atoms with E-state index in [4.69, 9.17) is 0 Å².